The average molecular weight is 207 g/mol. The van der Waals surface area contributed by atoms with Gasteiger partial charge in [0, 0.05) is 32.6 Å². The largest absolute Gasteiger partial charge is 0.385 e. The summed E-state index contributed by atoms with van der Waals surface area (Å²) in [6.45, 7) is 1.65. The van der Waals surface area contributed by atoms with Crippen molar-refractivity contribution in [1.29, 1.82) is 0 Å². The van der Waals surface area contributed by atoms with Gasteiger partial charge < -0.3 is 14.8 Å². The van der Waals surface area contributed by atoms with E-state index in [1.54, 1.807) is 14.2 Å². The number of thioether (sulfide) groups is 1. The zero-order valence-electron chi connectivity index (χ0n) is 8.84. The number of hydrogen-bond acceptors (Lipinski definition) is 4. The summed E-state index contributed by atoms with van der Waals surface area (Å²) in [5.74, 6) is 2.27. The van der Waals surface area contributed by atoms with Crippen LogP contribution in [0, 0.1) is 0 Å². The normalized spacial score (nSPS) is 13.2. The predicted octanol–water partition coefficient (Wildman–Crippen LogP) is 0.990. The van der Waals surface area contributed by atoms with Crippen LogP contribution >= 0.6 is 11.8 Å². The van der Waals surface area contributed by atoms with Gasteiger partial charge in [-0.1, -0.05) is 0 Å². The Bertz CT molecular complexity index is 104. The van der Waals surface area contributed by atoms with Crippen LogP contribution in [0.1, 0.15) is 6.42 Å². The lowest BCUT2D eigenvalue weighted by molar-refractivity contribution is 0.177. The Morgan fingerprint density at radius 3 is 2.62 bits per heavy atom. The predicted molar refractivity (Wildman–Crippen MR) is 58.5 cm³/mol. The van der Waals surface area contributed by atoms with Crippen molar-refractivity contribution in [3.63, 3.8) is 0 Å². The molecule has 0 amide bonds. The molecule has 0 saturated heterocycles. The number of ether oxygens (including phenoxy) is 2. The number of likely N-dealkylation sites (N-methyl/N-ethyl adjacent to an activating group) is 1. The van der Waals surface area contributed by atoms with Gasteiger partial charge in [0.15, 0.2) is 0 Å². The Kier molecular flexibility index (Phi) is 10.5. The number of nitrogens with one attached hydrogen (secondary N) is 1. The smallest absolute Gasteiger partial charge is 0.0623 e. The number of methoxy groups -OCH3 is 2. The van der Waals surface area contributed by atoms with Crippen LogP contribution in [0.2, 0.25) is 0 Å². The summed E-state index contributed by atoms with van der Waals surface area (Å²) in [7, 11) is 5.45. The first-order valence-electron chi connectivity index (χ1n) is 4.58. The van der Waals surface area contributed by atoms with E-state index in [-0.39, 0.29) is 0 Å². The zero-order chi connectivity index (χ0) is 9.94. The van der Waals surface area contributed by atoms with Crippen molar-refractivity contribution >= 4 is 11.8 Å². The van der Waals surface area contributed by atoms with Crippen molar-refractivity contribution in [2.75, 3.05) is 46.0 Å². The summed E-state index contributed by atoms with van der Waals surface area (Å²) in [4.78, 5) is 0. The summed E-state index contributed by atoms with van der Waals surface area (Å²) in [5.41, 5.74) is 0. The molecule has 0 aliphatic carbocycles. The monoisotopic (exact) mass is 207 g/mol. The molecule has 0 aromatic carbocycles. The van der Waals surface area contributed by atoms with Gasteiger partial charge in [-0.25, -0.2) is 0 Å². The van der Waals surface area contributed by atoms with Gasteiger partial charge in [0.05, 0.1) is 6.61 Å². The Hall–Kier alpha value is 0.230. The second-order valence-corrected chi connectivity index (χ2v) is 4.01. The zero-order valence-corrected chi connectivity index (χ0v) is 9.65. The molecule has 0 fully saturated rings. The third kappa shape index (κ3) is 8.56. The molecule has 3 nitrogen and oxygen atoms in total. The first-order chi connectivity index (χ1) is 6.35. The van der Waals surface area contributed by atoms with Crippen molar-refractivity contribution < 1.29 is 9.47 Å². The minimum absolute atomic E-state index is 0.470. The molecule has 0 saturated carbocycles. The lowest BCUT2D eigenvalue weighted by Crippen LogP contribution is -2.32. The van der Waals surface area contributed by atoms with Crippen LogP contribution in [-0.2, 0) is 9.47 Å². The molecule has 0 aliphatic heterocycles. The van der Waals surface area contributed by atoms with E-state index in [0.29, 0.717) is 6.04 Å². The lowest BCUT2D eigenvalue weighted by atomic mass is 10.4. The van der Waals surface area contributed by atoms with E-state index < -0.39 is 0 Å². The summed E-state index contributed by atoms with van der Waals surface area (Å²) in [6, 6.07) is 0.470. The van der Waals surface area contributed by atoms with Crippen LogP contribution in [0.3, 0.4) is 0 Å². The minimum atomic E-state index is 0.470. The van der Waals surface area contributed by atoms with Crippen molar-refractivity contribution in [2.45, 2.75) is 12.5 Å². The van der Waals surface area contributed by atoms with E-state index >= 15 is 0 Å². The lowest BCUT2D eigenvalue weighted by Gasteiger charge is -2.14. The van der Waals surface area contributed by atoms with Crippen LogP contribution in [0.25, 0.3) is 0 Å². The van der Waals surface area contributed by atoms with Crippen LogP contribution in [0.4, 0.5) is 0 Å². The van der Waals surface area contributed by atoms with Gasteiger partial charge in [-0.3, -0.25) is 0 Å². The molecular formula is C9H21NO2S. The fourth-order valence-electron chi connectivity index (χ4n) is 0.947. The van der Waals surface area contributed by atoms with Gasteiger partial charge in [-0.2, -0.15) is 11.8 Å². The van der Waals surface area contributed by atoms with Crippen molar-refractivity contribution in [1.82, 2.24) is 5.32 Å². The Morgan fingerprint density at radius 2 is 2.08 bits per heavy atom. The molecule has 0 aromatic rings. The minimum Gasteiger partial charge on any atom is -0.385 e. The molecule has 4 heteroatoms. The standard InChI is InChI=1S/C9H21NO2S/c1-10-9(7-12-3)8-13-6-4-5-11-2/h9-10H,4-8H2,1-3H3. The van der Waals surface area contributed by atoms with E-state index in [0.717, 1.165) is 31.1 Å². The highest BCUT2D eigenvalue weighted by Gasteiger charge is 2.04. The second kappa shape index (κ2) is 10.3. The third-order valence-corrected chi connectivity index (χ3v) is 2.95. The highest BCUT2D eigenvalue weighted by Crippen LogP contribution is 2.05. The number of hydrogen-bond donors (Lipinski definition) is 1. The molecule has 0 spiro atoms. The molecule has 0 aromatic heterocycles. The summed E-state index contributed by atoms with van der Waals surface area (Å²) in [5, 5.41) is 3.22. The van der Waals surface area contributed by atoms with Crippen molar-refractivity contribution in [3.8, 4) is 0 Å². The van der Waals surface area contributed by atoms with Gasteiger partial charge in [0.2, 0.25) is 0 Å². The van der Waals surface area contributed by atoms with Gasteiger partial charge in [-0.15, -0.1) is 0 Å². The fourth-order valence-corrected chi connectivity index (χ4v) is 1.98. The summed E-state index contributed by atoms with van der Waals surface area (Å²) in [6.07, 6.45) is 1.13. The molecule has 0 bridgehead atoms. The first-order valence-corrected chi connectivity index (χ1v) is 5.73. The van der Waals surface area contributed by atoms with Gasteiger partial charge >= 0.3 is 0 Å². The molecule has 0 heterocycles. The van der Waals surface area contributed by atoms with E-state index in [1.807, 2.05) is 18.8 Å². The average Bonchev–Trinajstić information content (AvgIpc) is 2.16. The second-order valence-electron chi connectivity index (χ2n) is 2.86. The Balaban J connectivity index is 3.17. The first kappa shape index (κ1) is 13.2. The number of rotatable bonds is 9. The quantitative estimate of drug-likeness (QED) is 0.571. The van der Waals surface area contributed by atoms with Crippen molar-refractivity contribution in [2.24, 2.45) is 0 Å². The van der Waals surface area contributed by atoms with Crippen LogP contribution in [0.15, 0.2) is 0 Å². The Labute approximate surface area is 85.6 Å². The van der Waals surface area contributed by atoms with Crippen LogP contribution < -0.4 is 5.32 Å². The van der Waals surface area contributed by atoms with Gasteiger partial charge in [-0.05, 0) is 19.2 Å². The summed E-state index contributed by atoms with van der Waals surface area (Å²) >= 11 is 1.94. The molecular weight excluding hydrogens is 186 g/mol. The molecule has 13 heavy (non-hydrogen) atoms. The highest BCUT2D eigenvalue weighted by molar-refractivity contribution is 7.99. The SMILES string of the molecule is CNC(COC)CSCCCOC. The van der Waals surface area contributed by atoms with Gasteiger partial charge in [0.1, 0.15) is 0 Å². The third-order valence-electron chi connectivity index (χ3n) is 1.73. The van der Waals surface area contributed by atoms with E-state index in [2.05, 4.69) is 5.32 Å². The highest BCUT2D eigenvalue weighted by atomic mass is 32.2. The Morgan fingerprint density at radius 1 is 1.31 bits per heavy atom. The maximum atomic E-state index is 5.07. The molecule has 0 aliphatic rings. The molecule has 0 rings (SSSR count). The molecule has 0 radical (unpaired) electrons. The maximum absolute atomic E-state index is 5.07. The maximum Gasteiger partial charge on any atom is 0.0623 e. The summed E-state index contributed by atoms with van der Waals surface area (Å²) < 4.78 is 10.0. The molecule has 80 valence electrons. The molecule has 1 unspecified atom stereocenters. The topological polar surface area (TPSA) is 30.5 Å². The molecule has 1 N–H and O–H groups in total. The van der Waals surface area contributed by atoms with Gasteiger partial charge in [0.25, 0.3) is 0 Å². The van der Waals surface area contributed by atoms with Crippen molar-refractivity contribution in [3.05, 3.63) is 0 Å². The van der Waals surface area contributed by atoms with Crippen LogP contribution in [-0.4, -0.2) is 52.0 Å². The van der Waals surface area contributed by atoms with Crippen LogP contribution in [0.5, 0.6) is 0 Å². The van der Waals surface area contributed by atoms with E-state index in [4.69, 9.17) is 9.47 Å². The van der Waals surface area contributed by atoms with E-state index in [1.165, 1.54) is 0 Å². The fraction of sp³-hybridized carbons (Fsp3) is 1.00. The molecule has 1 atom stereocenters. The van der Waals surface area contributed by atoms with E-state index in [9.17, 15) is 0 Å².